The lowest BCUT2D eigenvalue weighted by Gasteiger charge is -2.35. The number of thiazole rings is 1. The predicted molar refractivity (Wildman–Crippen MR) is 173 cm³/mol. The number of likely N-dealkylation sites (tertiary alicyclic amines) is 2. The van der Waals surface area contributed by atoms with Crippen molar-refractivity contribution in [3.8, 4) is 22.8 Å². The van der Waals surface area contributed by atoms with Crippen LogP contribution in [0.2, 0.25) is 0 Å². The molecule has 2 aromatic rings. The molecule has 44 heavy (non-hydrogen) atoms. The first-order valence-electron chi connectivity index (χ1n) is 15.7. The zero-order chi connectivity index (χ0) is 31.9. The summed E-state index contributed by atoms with van der Waals surface area (Å²) >= 11 is 1.59. The molecule has 4 rings (SSSR count). The van der Waals surface area contributed by atoms with Gasteiger partial charge < -0.3 is 25.5 Å². The van der Waals surface area contributed by atoms with Crippen LogP contribution >= 0.6 is 11.3 Å². The highest BCUT2D eigenvalue weighted by molar-refractivity contribution is 7.13. The molecule has 0 radical (unpaired) electrons. The number of benzene rings is 1. The van der Waals surface area contributed by atoms with Crippen molar-refractivity contribution in [1.82, 2.24) is 25.4 Å². The molecule has 3 heterocycles. The Morgan fingerprint density at radius 3 is 2.48 bits per heavy atom. The monoisotopic (exact) mass is 621 g/mol. The van der Waals surface area contributed by atoms with Crippen molar-refractivity contribution in [2.24, 2.45) is 11.3 Å². The number of aliphatic hydroxyl groups excluding tert-OH is 1. The van der Waals surface area contributed by atoms with Gasteiger partial charge in [-0.15, -0.1) is 23.7 Å². The van der Waals surface area contributed by atoms with E-state index in [1.54, 1.807) is 11.3 Å². The van der Waals surface area contributed by atoms with Crippen molar-refractivity contribution in [2.45, 2.75) is 91.0 Å². The first kappa shape index (κ1) is 33.6. The van der Waals surface area contributed by atoms with E-state index in [9.17, 15) is 19.5 Å². The van der Waals surface area contributed by atoms with Crippen LogP contribution in [-0.2, 0) is 20.9 Å². The Kier molecular flexibility index (Phi) is 11.6. The van der Waals surface area contributed by atoms with Crippen molar-refractivity contribution in [2.75, 3.05) is 26.2 Å². The van der Waals surface area contributed by atoms with Gasteiger partial charge in [0.25, 0.3) is 0 Å². The molecule has 0 saturated carbocycles. The van der Waals surface area contributed by atoms with Crippen LogP contribution in [-0.4, -0.2) is 82.0 Å². The number of nitrogens with one attached hydrogen (secondary N) is 2. The van der Waals surface area contributed by atoms with Crippen molar-refractivity contribution in [3.63, 3.8) is 0 Å². The Labute approximate surface area is 265 Å². The molecule has 9 nitrogen and oxygen atoms in total. The molecule has 1 unspecified atom stereocenters. The number of aliphatic hydroxyl groups is 1. The van der Waals surface area contributed by atoms with E-state index >= 15 is 0 Å². The molecule has 1 aromatic carbocycles. The van der Waals surface area contributed by atoms with Crippen LogP contribution < -0.4 is 10.6 Å². The lowest BCUT2D eigenvalue weighted by atomic mass is 9.85. The van der Waals surface area contributed by atoms with E-state index in [1.807, 2.05) is 57.5 Å². The number of aryl methyl sites for hydroxylation is 1. The van der Waals surface area contributed by atoms with Crippen molar-refractivity contribution in [3.05, 3.63) is 41.0 Å². The average molecular weight is 622 g/mol. The minimum Gasteiger partial charge on any atom is -0.391 e. The molecule has 3 amide bonds. The summed E-state index contributed by atoms with van der Waals surface area (Å²) in [5.41, 5.74) is 4.23. The van der Waals surface area contributed by atoms with Crippen LogP contribution in [0.3, 0.4) is 0 Å². The van der Waals surface area contributed by atoms with E-state index in [-0.39, 0.29) is 30.7 Å². The average Bonchev–Trinajstić information content (AvgIpc) is 3.61. The Morgan fingerprint density at radius 1 is 1.16 bits per heavy atom. The van der Waals surface area contributed by atoms with Gasteiger partial charge in [-0.1, -0.05) is 45.0 Å². The number of amides is 3. The summed E-state index contributed by atoms with van der Waals surface area (Å²) in [6.07, 6.45) is 8.90. The van der Waals surface area contributed by atoms with Crippen LogP contribution in [0.25, 0.3) is 10.4 Å². The number of rotatable bonds is 11. The second-order valence-corrected chi connectivity index (χ2v) is 14.0. The molecule has 3 atom stereocenters. The third kappa shape index (κ3) is 8.90. The maximum Gasteiger partial charge on any atom is 0.246 e. The van der Waals surface area contributed by atoms with Crippen LogP contribution in [0.5, 0.6) is 0 Å². The highest BCUT2D eigenvalue weighted by Crippen LogP contribution is 2.28. The Morgan fingerprint density at radius 2 is 1.86 bits per heavy atom. The fourth-order valence-corrected chi connectivity index (χ4v) is 6.77. The third-order valence-corrected chi connectivity index (χ3v) is 9.64. The molecule has 2 saturated heterocycles. The first-order valence-corrected chi connectivity index (χ1v) is 16.6. The number of β-amino-alcohol motifs (C(OH)–C–C–N with tert-alkyl or cyclic N) is 1. The molecule has 2 aliphatic heterocycles. The predicted octanol–water partition coefficient (Wildman–Crippen LogP) is 3.74. The van der Waals surface area contributed by atoms with E-state index in [4.69, 9.17) is 6.42 Å². The SMILES string of the molecule is C#CC1CCN(CCCCC(=O)NC(C(=O)N2C[C@H](O)C[C@H]2C(=O)NCc2ccc(-c3scnc3C)cc2)C(C)(C)C)CC1. The molecular formula is C34H47N5O4S. The quantitative estimate of drug-likeness (QED) is 0.260. The Hall–Kier alpha value is -3.26. The number of hydrogen-bond donors (Lipinski definition) is 3. The molecule has 0 aliphatic carbocycles. The van der Waals surface area contributed by atoms with E-state index in [1.165, 1.54) is 4.90 Å². The Balaban J connectivity index is 1.29. The zero-order valence-corrected chi connectivity index (χ0v) is 27.3. The van der Waals surface area contributed by atoms with Crippen LogP contribution in [0, 0.1) is 30.6 Å². The van der Waals surface area contributed by atoms with Gasteiger partial charge in [-0.3, -0.25) is 14.4 Å². The number of hydrogen-bond acceptors (Lipinski definition) is 7. The maximum absolute atomic E-state index is 13.8. The molecule has 0 bridgehead atoms. The molecule has 238 valence electrons. The van der Waals surface area contributed by atoms with Crippen molar-refractivity contribution >= 4 is 29.1 Å². The number of piperidine rings is 1. The summed E-state index contributed by atoms with van der Waals surface area (Å²) in [6.45, 7) is 11.0. The van der Waals surface area contributed by atoms with Crippen LogP contribution in [0.15, 0.2) is 29.8 Å². The van der Waals surface area contributed by atoms with Gasteiger partial charge in [-0.05, 0) is 68.8 Å². The second-order valence-electron chi connectivity index (χ2n) is 13.2. The molecule has 10 heteroatoms. The molecule has 0 spiro atoms. The molecule has 3 N–H and O–H groups in total. The van der Waals surface area contributed by atoms with Crippen molar-refractivity contribution in [1.29, 1.82) is 0 Å². The van der Waals surface area contributed by atoms with Gasteiger partial charge in [-0.25, -0.2) is 4.98 Å². The third-order valence-electron chi connectivity index (χ3n) is 8.66. The fraction of sp³-hybridized carbons (Fsp3) is 0.588. The summed E-state index contributed by atoms with van der Waals surface area (Å²) in [7, 11) is 0. The van der Waals surface area contributed by atoms with Gasteiger partial charge in [-0.2, -0.15) is 0 Å². The highest BCUT2D eigenvalue weighted by atomic mass is 32.1. The standard InChI is InChI=1S/C34H47N5O4S/c1-6-24-14-17-38(18-15-24)16-8-7-9-29(41)37-31(34(3,4)5)33(43)39-21-27(40)19-28(39)32(42)35-20-25-10-12-26(13-11-25)30-23(2)36-22-44-30/h1,10-13,22,24,27-28,31,40H,7-9,14-21H2,2-5H3,(H,35,42)(H,37,41)/t27-,28+,31?/m1/s1. The molecule has 2 aliphatic rings. The zero-order valence-electron chi connectivity index (χ0n) is 26.5. The smallest absolute Gasteiger partial charge is 0.246 e. The van der Waals surface area contributed by atoms with Gasteiger partial charge in [0.15, 0.2) is 0 Å². The number of nitrogens with zero attached hydrogens (tertiary/aromatic N) is 3. The summed E-state index contributed by atoms with van der Waals surface area (Å²) in [4.78, 5) is 49.3. The molecule has 1 aromatic heterocycles. The van der Waals surface area contributed by atoms with E-state index in [0.29, 0.717) is 18.9 Å². The van der Waals surface area contributed by atoms with Gasteiger partial charge in [0, 0.05) is 31.8 Å². The van der Waals surface area contributed by atoms with Crippen LogP contribution in [0.4, 0.5) is 0 Å². The minimum atomic E-state index is -0.818. The van der Waals surface area contributed by atoms with E-state index < -0.39 is 23.6 Å². The fourth-order valence-electron chi connectivity index (χ4n) is 5.96. The molecule has 2 fully saturated rings. The topological polar surface area (TPSA) is 115 Å². The minimum absolute atomic E-state index is 0.0542. The van der Waals surface area contributed by atoms with E-state index in [0.717, 1.165) is 67.0 Å². The number of carbonyl (C=O) groups is 3. The number of aromatic nitrogens is 1. The number of terminal acetylenes is 1. The summed E-state index contributed by atoms with van der Waals surface area (Å²) in [5, 5.41) is 16.4. The molecular weight excluding hydrogens is 574 g/mol. The van der Waals surface area contributed by atoms with Crippen LogP contribution in [0.1, 0.15) is 70.6 Å². The van der Waals surface area contributed by atoms with E-state index in [2.05, 4.69) is 26.4 Å². The summed E-state index contributed by atoms with van der Waals surface area (Å²) in [5.74, 6) is 2.39. The Bertz CT molecular complexity index is 1320. The largest absolute Gasteiger partial charge is 0.391 e. The number of unbranched alkanes of at least 4 members (excludes halogenated alkanes) is 1. The summed E-state index contributed by atoms with van der Waals surface area (Å²) in [6, 6.07) is 6.33. The number of carbonyl (C=O) groups excluding carboxylic acids is 3. The maximum atomic E-state index is 13.8. The van der Waals surface area contributed by atoms with Gasteiger partial charge in [0.1, 0.15) is 12.1 Å². The summed E-state index contributed by atoms with van der Waals surface area (Å²) < 4.78 is 0. The lowest BCUT2D eigenvalue weighted by molar-refractivity contribution is -0.144. The van der Waals surface area contributed by atoms with Gasteiger partial charge in [0.05, 0.1) is 22.2 Å². The lowest BCUT2D eigenvalue weighted by Crippen LogP contribution is -2.57. The van der Waals surface area contributed by atoms with Gasteiger partial charge >= 0.3 is 0 Å². The second kappa shape index (κ2) is 15.2. The highest BCUT2D eigenvalue weighted by Gasteiger charge is 2.44. The van der Waals surface area contributed by atoms with Crippen molar-refractivity contribution < 1.29 is 19.5 Å². The normalized spacial score (nSPS) is 20.2. The first-order chi connectivity index (χ1) is 21.0. The van der Waals surface area contributed by atoms with Gasteiger partial charge in [0.2, 0.25) is 17.7 Å².